The first kappa shape index (κ1) is 15.6. The lowest BCUT2D eigenvalue weighted by atomic mass is 9.89. The van der Waals surface area contributed by atoms with Crippen molar-refractivity contribution in [3.8, 4) is 11.3 Å². The van der Waals surface area contributed by atoms with Crippen LogP contribution in [0.2, 0.25) is 0 Å². The summed E-state index contributed by atoms with van der Waals surface area (Å²) in [5.41, 5.74) is 3.80. The molecule has 24 heavy (non-hydrogen) atoms. The molecule has 0 radical (unpaired) electrons. The summed E-state index contributed by atoms with van der Waals surface area (Å²) in [5.74, 6) is 0.754. The standard InChI is InChI=1S/C19H22N4S/c1-24-16-8-6-14(7-9-16)12-23-13-15(10-21-23)19-11-20-17-4-2-3-5-18(17)22-19/h2-5,10-11,13-14,16H,6-9,12H2,1H3. The largest absolute Gasteiger partial charge is 0.272 e. The summed E-state index contributed by atoms with van der Waals surface area (Å²) in [4.78, 5) is 9.21. The molecule has 0 unspecified atom stereocenters. The van der Waals surface area contributed by atoms with Gasteiger partial charge in [-0.3, -0.25) is 9.67 Å². The molecule has 0 aliphatic heterocycles. The van der Waals surface area contributed by atoms with Crippen LogP contribution in [0.15, 0.2) is 42.9 Å². The van der Waals surface area contributed by atoms with Gasteiger partial charge in [0.1, 0.15) is 0 Å². The van der Waals surface area contributed by atoms with E-state index in [1.165, 1.54) is 25.7 Å². The van der Waals surface area contributed by atoms with E-state index >= 15 is 0 Å². The van der Waals surface area contributed by atoms with Gasteiger partial charge in [-0.1, -0.05) is 12.1 Å². The highest BCUT2D eigenvalue weighted by Gasteiger charge is 2.21. The average molecular weight is 338 g/mol. The Morgan fingerprint density at radius 1 is 1.08 bits per heavy atom. The molecular formula is C19H22N4S. The smallest absolute Gasteiger partial charge is 0.0924 e. The Bertz CT molecular complexity index is 821. The van der Waals surface area contributed by atoms with Gasteiger partial charge in [-0.15, -0.1) is 0 Å². The number of rotatable bonds is 4. The molecule has 0 saturated heterocycles. The fraction of sp³-hybridized carbons (Fsp3) is 0.421. The normalized spacial score (nSPS) is 21.2. The second-order valence-electron chi connectivity index (χ2n) is 6.57. The molecule has 5 heteroatoms. The van der Waals surface area contributed by atoms with Gasteiger partial charge < -0.3 is 0 Å². The Morgan fingerprint density at radius 2 is 1.88 bits per heavy atom. The summed E-state index contributed by atoms with van der Waals surface area (Å²) in [6.07, 6.45) is 13.4. The quantitative estimate of drug-likeness (QED) is 0.706. The molecule has 4 nitrogen and oxygen atoms in total. The zero-order valence-corrected chi connectivity index (χ0v) is 14.7. The van der Waals surface area contributed by atoms with E-state index in [1.807, 2.05) is 48.4 Å². The van der Waals surface area contributed by atoms with Gasteiger partial charge in [-0.05, 0) is 50.0 Å². The maximum Gasteiger partial charge on any atom is 0.0924 e. The summed E-state index contributed by atoms with van der Waals surface area (Å²) >= 11 is 2.02. The van der Waals surface area contributed by atoms with Gasteiger partial charge in [0.15, 0.2) is 0 Å². The Morgan fingerprint density at radius 3 is 2.67 bits per heavy atom. The fourth-order valence-electron chi connectivity index (χ4n) is 3.51. The summed E-state index contributed by atoms with van der Waals surface area (Å²) in [7, 11) is 0. The van der Waals surface area contributed by atoms with Crippen molar-refractivity contribution in [3.63, 3.8) is 0 Å². The lowest BCUT2D eigenvalue weighted by molar-refractivity contribution is 0.313. The second kappa shape index (κ2) is 6.93. The van der Waals surface area contributed by atoms with Crippen LogP contribution >= 0.6 is 11.8 Å². The van der Waals surface area contributed by atoms with Gasteiger partial charge in [0.25, 0.3) is 0 Å². The van der Waals surface area contributed by atoms with Crippen LogP contribution in [0.1, 0.15) is 25.7 Å². The van der Waals surface area contributed by atoms with Gasteiger partial charge >= 0.3 is 0 Å². The minimum atomic E-state index is 0.754. The van der Waals surface area contributed by atoms with Gasteiger partial charge in [0.2, 0.25) is 0 Å². The van der Waals surface area contributed by atoms with E-state index in [2.05, 4.69) is 27.2 Å². The summed E-state index contributed by atoms with van der Waals surface area (Å²) < 4.78 is 2.08. The molecule has 0 N–H and O–H groups in total. The molecule has 1 aliphatic rings. The first-order valence-corrected chi connectivity index (χ1v) is 9.88. The van der Waals surface area contributed by atoms with Crippen molar-refractivity contribution in [1.82, 2.24) is 19.7 Å². The summed E-state index contributed by atoms with van der Waals surface area (Å²) in [6, 6.07) is 7.97. The maximum absolute atomic E-state index is 4.71. The predicted octanol–water partition coefficient (Wildman–Crippen LogP) is 4.42. The SMILES string of the molecule is CSC1CCC(Cn2cc(-c3cnc4ccccc4n3)cn2)CC1. The van der Waals surface area contributed by atoms with E-state index in [4.69, 9.17) is 4.98 Å². The van der Waals surface area contributed by atoms with Crippen molar-refractivity contribution in [2.75, 3.05) is 6.26 Å². The monoisotopic (exact) mass is 338 g/mol. The fourth-order valence-corrected chi connectivity index (χ4v) is 4.25. The van der Waals surface area contributed by atoms with Gasteiger partial charge in [-0.25, -0.2) is 4.98 Å². The molecule has 0 atom stereocenters. The van der Waals surface area contributed by atoms with Gasteiger partial charge in [0.05, 0.1) is 29.1 Å². The topological polar surface area (TPSA) is 43.6 Å². The van der Waals surface area contributed by atoms with E-state index in [-0.39, 0.29) is 0 Å². The number of para-hydroxylation sites is 2. The Balaban J connectivity index is 1.47. The molecular weight excluding hydrogens is 316 g/mol. The zero-order chi connectivity index (χ0) is 16.4. The second-order valence-corrected chi connectivity index (χ2v) is 7.71. The van der Waals surface area contributed by atoms with E-state index in [9.17, 15) is 0 Å². The number of hydrogen-bond donors (Lipinski definition) is 0. The van der Waals surface area contributed by atoms with Crippen LogP contribution < -0.4 is 0 Å². The third kappa shape index (κ3) is 3.31. The van der Waals surface area contributed by atoms with Crippen LogP contribution in [0.25, 0.3) is 22.3 Å². The predicted molar refractivity (Wildman–Crippen MR) is 100 cm³/mol. The van der Waals surface area contributed by atoms with E-state index < -0.39 is 0 Å². The van der Waals surface area contributed by atoms with Crippen molar-refractivity contribution in [2.24, 2.45) is 5.92 Å². The highest BCUT2D eigenvalue weighted by Crippen LogP contribution is 2.31. The molecule has 1 fully saturated rings. The molecule has 3 aromatic rings. The van der Waals surface area contributed by atoms with Crippen molar-refractivity contribution in [1.29, 1.82) is 0 Å². The summed E-state index contributed by atoms with van der Waals surface area (Å²) in [5, 5.41) is 5.41. The van der Waals surface area contributed by atoms with Crippen molar-refractivity contribution in [3.05, 3.63) is 42.9 Å². The molecule has 124 valence electrons. The van der Waals surface area contributed by atoms with Gasteiger partial charge in [0, 0.05) is 23.6 Å². The number of benzene rings is 1. The molecule has 1 aliphatic carbocycles. The Kier molecular flexibility index (Phi) is 4.52. The molecule has 4 rings (SSSR count). The average Bonchev–Trinajstić information content (AvgIpc) is 3.10. The zero-order valence-electron chi connectivity index (χ0n) is 13.9. The molecule has 2 aromatic heterocycles. The lowest BCUT2D eigenvalue weighted by Gasteiger charge is -2.27. The van der Waals surface area contributed by atoms with E-state index in [0.29, 0.717) is 0 Å². The van der Waals surface area contributed by atoms with Crippen molar-refractivity contribution < 1.29 is 0 Å². The van der Waals surface area contributed by atoms with Crippen LogP contribution in [0, 0.1) is 5.92 Å². The molecule has 1 saturated carbocycles. The third-order valence-corrected chi connectivity index (χ3v) is 6.09. The van der Waals surface area contributed by atoms with E-state index in [1.54, 1.807) is 0 Å². The van der Waals surface area contributed by atoms with Crippen molar-refractivity contribution >= 4 is 22.8 Å². The number of thioether (sulfide) groups is 1. The Hall–Kier alpha value is -1.88. The Labute approximate surface area is 146 Å². The minimum Gasteiger partial charge on any atom is -0.272 e. The van der Waals surface area contributed by atoms with Crippen LogP contribution in [-0.4, -0.2) is 31.3 Å². The first-order chi connectivity index (χ1) is 11.8. The minimum absolute atomic E-state index is 0.754. The highest BCUT2D eigenvalue weighted by molar-refractivity contribution is 7.99. The molecule has 1 aromatic carbocycles. The molecule has 0 spiro atoms. The maximum atomic E-state index is 4.71. The van der Waals surface area contributed by atoms with Crippen LogP contribution in [0.5, 0.6) is 0 Å². The van der Waals surface area contributed by atoms with Crippen LogP contribution in [-0.2, 0) is 6.54 Å². The number of fused-ring (bicyclic) bond motifs is 1. The molecule has 0 amide bonds. The molecule has 0 bridgehead atoms. The summed E-state index contributed by atoms with van der Waals surface area (Å²) in [6.45, 7) is 1.02. The lowest BCUT2D eigenvalue weighted by Crippen LogP contribution is -2.20. The first-order valence-electron chi connectivity index (χ1n) is 8.59. The van der Waals surface area contributed by atoms with Crippen LogP contribution in [0.4, 0.5) is 0 Å². The number of hydrogen-bond acceptors (Lipinski definition) is 4. The highest BCUT2D eigenvalue weighted by atomic mass is 32.2. The number of nitrogens with zero attached hydrogens (tertiary/aromatic N) is 4. The van der Waals surface area contributed by atoms with Crippen molar-refractivity contribution in [2.45, 2.75) is 37.5 Å². The van der Waals surface area contributed by atoms with E-state index in [0.717, 1.165) is 40.0 Å². The third-order valence-electron chi connectivity index (χ3n) is 4.95. The van der Waals surface area contributed by atoms with Gasteiger partial charge in [-0.2, -0.15) is 16.9 Å². The van der Waals surface area contributed by atoms with Crippen LogP contribution in [0.3, 0.4) is 0 Å². The number of aromatic nitrogens is 4. The molecule has 2 heterocycles.